The van der Waals surface area contributed by atoms with Gasteiger partial charge < -0.3 is 15.3 Å². The highest BCUT2D eigenvalue weighted by Gasteiger charge is 2.48. The number of nitrogens with zero attached hydrogens (tertiary/aromatic N) is 2. The van der Waals surface area contributed by atoms with Crippen molar-refractivity contribution in [2.75, 3.05) is 13.1 Å². The fourth-order valence-electron chi connectivity index (χ4n) is 5.30. The molecule has 0 unspecified atom stereocenters. The lowest BCUT2D eigenvalue weighted by Crippen LogP contribution is -2.49. The molecule has 2 amide bonds. The first-order chi connectivity index (χ1) is 17.3. The normalized spacial score (nSPS) is 21.5. The lowest BCUT2D eigenvalue weighted by Gasteiger charge is -2.41. The number of nitrogens with one attached hydrogen (secondary N) is 1. The van der Waals surface area contributed by atoms with Crippen LogP contribution >= 0.6 is 0 Å². The Morgan fingerprint density at radius 3 is 2.50 bits per heavy atom. The van der Waals surface area contributed by atoms with Crippen LogP contribution in [-0.2, 0) is 16.0 Å². The molecule has 4 rings (SSSR count). The van der Waals surface area contributed by atoms with Gasteiger partial charge in [0.2, 0.25) is 0 Å². The van der Waals surface area contributed by atoms with Crippen molar-refractivity contribution in [1.29, 1.82) is 0 Å². The third-order valence-corrected chi connectivity index (χ3v) is 7.51. The van der Waals surface area contributed by atoms with Crippen molar-refractivity contribution in [2.24, 2.45) is 10.9 Å². The minimum absolute atomic E-state index is 0.00461. The number of carboxylic acid groups (broad SMARTS) is 1. The highest BCUT2D eigenvalue weighted by molar-refractivity contribution is 6.46. The van der Waals surface area contributed by atoms with Gasteiger partial charge in [0.15, 0.2) is 0 Å². The zero-order valence-electron chi connectivity index (χ0n) is 21.1. The van der Waals surface area contributed by atoms with Gasteiger partial charge in [0.25, 0.3) is 11.8 Å². The quantitative estimate of drug-likeness (QED) is 0.546. The summed E-state index contributed by atoms with van der Waals surface area (Å²) in [5, 5.41) is 11.3. The first-order valence-electron chi connectivity index (χ1n) is 12.9. The van der Waals surface area contributed by atoms with Crippen molar-refractivity contribution in [3.05, 3.63) is 70.8 Å². The summed E-state index contributed by atoms with van der Waals surface area (Å²) in [5.41, 5.74) is 3.62. The van der Waals surface area contributed by atoms with Gasteiger partial charge in [0, 0.05) is 24.2 Å². The third kappa shape index (κ3) is 5.66. The zero-order valence-corrected chi connectivity index (χ0v) is 21.1. The van der Waals surface area contributed by atoms with E-state index in [2.05, 4.69) is 12.2 Å². The minimum Gasteiger partial charge on any atom is -0.481 e. The summed E-state index contributed by atoms with van der Waals surface area (Å²) in [6, 6.07) is 15.3. The SMILES string of the molecule is CCC1CCC2(CC1)N=C(c1cccc(C)c1)C(=O)N2CCc1ccc(C(=O)NCCC(=O)O)cc1. The number of hydrogen-bond donors (Lipinski definition) is 2. The van der Waals surface area contributed by atoms with Crippen LogP contribution in [0, 0.1) is 12.8 Å². The van der Waals surface area contributed by atoms with Gasteiger partial charge in [-0.2, -0.15) is 0 Å². The molecule has 1 spiro atoms. The molecule has 1 aliphatic carbocycles. The van der Waals surface area contributed by atoms with E-state index in [1.165, 1.54) is 0 Å². The predicted octanol–water partition coefficient (Wildman–Crippen LogP) is 4.37. The second-order valence-corrected chi connectivity index (χ2v) is 9.97. The number of aliphatic imine (C=N–C) groups is 1. The molecule has 36 heavy (non-hydrogen) atoms. The van der Waals surface area contributed by atoms with E-state index >= 15 is 0 Å². The minimum atomic E-state index is -0.947. The molecule has 1 heterocycles. The van der Waals surface area contributed by atoms with Crippen LogP contribution in [0.3, 0.4) is 0 Å². The number of amides is 2. The molecule has 7 heteroatoms. The van der Waals surface area contributed by atoms with E-state index in [0.717, 1.165) is 48.8 Å². The number of aliphatic carboxylic acids is 1. The van der Waals surface area contributed by atoms with Crippen LogP contribution in [0.4, 0.5) is 0 Å². The van der Waals surface area contributed by atoms with E-state index < -0.39 is 11.6 Å². The first kappa shape index (κ1) is 25.6. The number of benzene rings is 2. The fourth-order valence-corrected chi connectivity index (χ4v) is 5.30. The molecule has 0 atom stereocenters. The summed E-state index contributed by atoms with van der Waals surface area (Å²) in [4.78, 5) is 43.6. The second-order valence-electron chi connectivity index (χ2n) is 9.97. The molecule has 2 aliphatic rings. The van der Waals surface area contributed by atoms with Crippen LogP contribution in [0.5, 0.6) is 0 Å². The maximum absolute atomic E-state index is 13.7. The van der Waals surface area contributed by atoms with E-state index in [-0.39, 0.29) is 24.8 Å². The summed E-state index contributed by atoms with van der Waals surface area (Å²) in [7, 11) is 0. The van der Waals surface area contributed by atoms with Crippen molar-refractivity contribution in [3.8, 4) is 0 Å². The van der Waals surface area contributed by atoms with Crippen molar-refractivity contribution < 1.29 is 19.5 Å². The molecule has 2 aromatic rings. The maximum atomic E-state index is 13.7. The summed E-state index contributed by atoms with van der Waals surface area (Å²) in [5.74, 6) is -0.539. The Kier molecular flexibility index (Phi) is 7.87. The van der Waals surface area contributed by atoms with Crippen LogP contribution in [0.2, 0.25) is 0 Å². The first-order valence-corrected chi connectivity index (χ1v) is 12.9. The molecule has 7 nitrogen and oxygen atoms in total. The van der Waals surface area contributed by atoms with Crippen LogP contribution in [-0.4, -0.2) is 52.3 Å². The van der Waals surface area contributed by atoms with Crippen LogP contribution in [0.15, 0.2) is 53.5 Å². The molecule has 1 aliphatic heterocycles. The lowest BCUT2D eigenvalue weighted by molar-refractivity contribution is -0.136. The van der Waals surface area contributed by atoms with Gasteiger partial charge in [-0.25, -0.2) is 0 Å². The summed E-state index contributed by atoms with van der Waals surface area (Å²) < 4.78 is 0. The van der Waals surface area contributed by atoms with Crippen molar-refractivity contribution in [3.63, 3.8) is 0 Å². The molecule has 0 bridgehead atoms. The summed E-state index contributed by atoms with van der Waals surface area (Å²) in [6.45, 7) is 4.92. The molecule has 0 radical (unpaired) electrons. The van der Waals surface area contributed by atoms with Gasteiger partial charge in [-0.1, -0.05) is 49.2 Å². The molecule has 0 aromatic heterocycles. The summed E-state index contributed by atoms with van der Waals surface area (Å²) in [6.07, 6.45) is 5.66. The predicted molar refractivity (Wildman–Crippen MR) is 139 cm³/mol. The van der Waals surface area contributed by atoms with E-state index in [0.29, 0.717) is 30.2 Å². The maximum Gasteiger partial charge on any atom is 0.305 e. The van der Waals surface area contributed by atoms with Gasteiger partial charge in [-0.05, 0) is 68.7 Å². The van der Waals surface area contributed by atoms with Crippen LogP contribution in [0.25, 0.3) is 0 Å². The highest BCUT2D eigenvalue weighted by atomic mass is 16.4. The van der Waals surface area contributed by atoms with E-state index in [1.54, 1.807) is 12.1 Å². The van der Waals surface area contributed by atoms with Crippen molar-refractivity contribution >= 4 is 23.5 Å². The molecule has 1 saturated carbocycles. The zero-order chi connectivity index (χ0) is 25.7. The number of hydrogen-bond acceptors (Lipinski definition) is 4. The number of rotatable bonds is 9. The Morgan fingerprint density at radius 1 is 1.14 bits per heavy atom. The van der Waals surface area contributed by atoms with Gasteiger partial charge in [0.05, 0.1) is 6.42 Å². The second kappa shape index (κ2) is 11.1. The summed E-state index contributed by atoms with van der Waals surface area (Å²) >= 11 is 0. The average Bonchev–Trinajstić information content (AvgIpc) is 3.14. The van der Waals surface area contributed by atoms with E-state index in [4.69, 9.17) is 10.1 Å². The van der Waals surface area contributed by atoms with Crippen LogP contribution in [0.1, 0.15) is 72.5 Å². The number of aryl methyl sites for hydroxylation is 1. The Bertz CT molecular complexity index is 1150. The van der Waals surface area contributed by atoms with Gasteiger partial charge in [-0.3, -0.25) is 19.4 Å². The van der Waals surface area contributed by atoms with E-state index in [1.807, 2.05) is 48.2 Å². The van der Waals surface area contributed by atoms with E-state index in [9.17, 15) is 14.4 Å². The number of carboxylic acids is 1. The molecule has 2 aromatic carbocycles. The topological polar surface area (TPSA) is 99.1 Å². The molecule has 190 valence electrons. The van der Waals surface area contributed by atoms with Crippen molar-refractivity contribution in [2.45, 2.75) is 64.5 Å². The molecule has 2 N–H and O–H groups in total. The highest BCUT2D eigenvalue weighted by Crippen LogP contribution is 2.42. The van der Waals surface area contributed by atoms with Gasteiger partial charge in [-0.15, -0.1) is 0 Å². The number of carbonyl (C=O) groups excluding carboxylic acids is 2. The van der Waals surface area contributed by atoms with Gasteiger partial charge in [0.1, 0.15) is 11.4 Å². The average molecular weight is 490 g/mol. The molecular formula is C29H35N3O4. The van der Waals surface area contributed by atoms with Crippen LogP contribution < -0.4 is 5.32 Å². The largest absolute Gasteiger partial charge is 0.481 e. The third-order valence-electron chi connectivity index (χ3n) is 7.51. The fraction of sp³-hybridized carbons (Fsp3) is 0.448. The Labute approximate surface area is 212 Å². The molecule has 1 fully saturated rings. The Hall–Kier alpha value is -3.48. The lowest BCUT2D eigenvalue weighted by atomic mass is 9.80. The smallest absolute Gasteiger partial charge is 0.305 e. The molecular weight excluding hydrogens is 454 g/mol. The monoisotopic (exact) mass is 489 g/mol. The van der Waals surface area contributed by atoms with Gasteiger partial charge >= 0.3 is 5.97 Å². The standard InChI is InChI=1S/C29H35N3O4/c1-3-21-11-15-29(16-12-21)31-26(24-6-4-5-20(2)19-24)28(36)32(29)18-14-22-7-9-23(10-8-22)27(35)30-17-13-25(33)34/h4-10,19,21H,3,11-18H2,1-2H3,(H,30,35)(H,33,34). The Morgan fingerprint density at radius 2 is 1.86 bits per heavy atom. The Balaban J connectivity index is 1.47. The number of carbonyl (C=O) groups is 3. The molecule has 0 saturated heterocycles. The van der Waals surface area contributed by atoms with Crippen molar-refractivity contribution in [1.82, 2.24) is 10.2 Å².